The van der Waals surface area contributed by atoms with Crippen molar-refractivity contribution >= 4 is 15.9 Å². The molecule has 0 fully saturated rings. The standard InChI is InChI=1S/C13H13BrFN3O/c1-19-12-6-8(17-7-18-12)5-11(16)13-9(14)3-2-4-10(13)15/h2-4,6-7,11H,5,16H2,1H3. The van der Waals surface area contributed by atoms with Crippen LogP contribution < -0.4 is 10.5 Å². The second kappa shape index (κ2) is 6.08. The quantitative estimate of drug-likeness (QED) is 0.938. The monoisotopic (exact) mass is 325 g/mol. The van der Waals surface area contributed by atoms with E-state index >= 15 is 0 Å². The highest BCUT2D eigenvalue weighted by atomic mass is 79.9. The normalized spacial score (nSPS) is 12.2. The van der Waals surface area contributed by atoms with Crippen molar-refractivity contribution in [3.05, 3.63) is 52.1 Å². The number of rotatable bonds is 4. The van der Waals surface area contributed by atoms with E-state index in [1.807, 2.05) is 0 Å². The van der Waals surface area contributed by atoms with Gasteiger partial charge in [-0.2, -0.15) is 0 Å². The number of hydrogen-bond donors (Lipinski definition) is 1. The molecule has 0 bridgehead atoms. The summed E-state index contributed by atoms with van der Waals surface area (Å²) in [6.45, 7) is 0. The topological polar surface area (TPSA) is 61.0 Å². The molecule has 2 N–H and O–H groups in total. The van der Waals surface area contributed by atoms with Crippen molar-refractivity contribution in [3.8, 4) is 5.88 Å². The van der Waals surface area contributed by atoms with E-state index in [1.165, 1.54) is 19.5 Å². The summed E-state index contributed by atoms with van der Waals surface area (Å²) >= 11 is 3.31. The first kappa shape index (κ1) is 13.9. The summed E-state index contributed by atoms with van der Waals surface area (Å²) in [6.07, 6.45) is 1.80. The van der Waals surface area contributed by atoms with Crippen molar-refractivity contribution < 1.29 is 9.13 Å². The van der Waals surface area contributed by atoms with Gasteiger partial charge in [-0.05, 0) is 12.1 Å². The van der Waals surface area contributed by atoms with Crippen molar-refractivity contribution in [2.45, 2.75) is 12.5 Å². The van der Waals surface area contributed by atoms with Crippen LogP contribution in [-0.4, -0.2) is 17.1 Å². The Morgan fingerprint density at radius 3 is 2.89 bits per heavy atom. The molecule has 4 nitrogen and oxygen atoms in total. The molecular weight excluding hydrogens is 313 g/mol. The second-order valence-electron chi connectivity index (χ2n) is 4.00. The van der Waals surface area contributed by atoms with Gasteiger partial charge in [0.15, 0.2) is 0 Å². The van der Waals surface area contributed by atoms with Crippen molar-refractivity contribution in [1.29, 1.82) is 0 Å². The molecular formula is C13H13BrFN3O. The van der Waals surface area contributed by atoms with Crippen LogP contribution in [0, 0.1) is 5.82 Å². The van der Waals surface area contributed by atoms with Crippen molar-refractivity contribution in [2.24, 2.45) is 5.73 Å². The summed E-state index contributed by atoms with van der Waals surface area (Å²) in [4.78, 5) is 8.02. The maximum absolute atomic E-state index is 13.8. The Morgan fingerprint density at radius 2 is 2.21 bits per heavy atom. The average Bonchev–Trinajstić information content (AvgIpc) is 2.38. The predicted molar refractivity (Wildman–Crippen MR) is 73.3 cm³/mol. The minimum atomic E-state index is -0.491. The molecule has 0 amide bonds. The molecule has 1 heterocycles. The first-order chi connectivity index (χ1) is 9.11. The first-order valence-corrected chi connectivity index (χ1v) is 6.45. The van der Waals surface area contributed by atoms with Gasteiger partial charge in [0, 0.05) is 34.3 Å². The van der Waals surface area contributed by atoms with Gasteiger partial charge in [-0.1, -0.05) is 22.0 Å². The average molecular weight is 326 g/mol. The Morgan fingerprint density at radius 1 is 1.42 bits per heavy atom. The molecule has 0 aliphatic heterocycles. The van der Waals surface area contributed by atoms with Gasteiger partial charge in [-0.15, -0.1) is 0 Å². The predicted octanol–water partition coefficient (Wildman–Crippen LogP) is 2.63. The Balaban J connectivity index is 2.23. The molecule has 1 unspecified atom stereocenters. The number of aromatic nitrogens is 2. The number of hydrogen-bond acceptors (Lipinski definition) is 4. The highest BCUT2D eigenvalue weighted by molar-refractivity contribution is 9.10. The van der Waals surface area contributed by atoms with Crippen LogP contribution in [0.15, 0.2) is 35.1 Å². The highest BCUT2D eigenvalue weighted by Crippen LogP contribution is 2.27. The number of nitrogens with zero attached hydrogens (tertiary/aromatic N) is 2. The van der Waals surface area contributed by atoms with Gasteiger partial charge in [0.1, 0.15) is 12.1 Å². The van der Waals surface area contributed by atoms with Gasteiger partial charge in [0.05, 0.1) is 7.11 Å². The number of nitrogens with two attached hydrogens (primary N) is 1. The van der Waals surface area contributed by atoms with E-state index in [4.69, 9.17) is 10.5 Å². The number of benzene rings is 1. The van der Waals surface area contributed by atoms with Gasteiger partial charge in [-0.25, -0.2) is 14.4 Å². The molecule has 0 spiro atoms. The molecule has 0 aliphatic carbocycles. The smallest absolute Gasteiger partial charge is 0.216 e. The molecule has 1 aromatic carbocycles. The molecule has 6 heteroatoms. The van der Waals surface area contributed by atoms with Crippen molar-refractivity contribution in [3.63, 3.8) is 0 Å². The lowest BCUT2D eigenvalue weighted by atomic mass is 10.0. The zero-order valence-corrected chi connectivity index (χ0v) is 11.9. The summed E-state index contributed by atoms with van der Waals surface area (Å²) in [6, 6.07) is 5.98. The van der Waals surface area contributed by atoms with Crippen LogP contribution >= 0.6 is 15.9 Å². The highest BCUT2D eigenvalue weighted by Gasteiger charge is 2.16. The number of methoxy groups -OCH3 is 1. The Bertz CT molecular complexity index is 559. The SMILES string of the molecule is COc1cc(CC(N)c2c(F)cccc2Br)ncn1. The number of ether oxygens (including phenoxy) is 1. The molecule has 2 rings (SSSR count). The van der Waals surface area contributed by atoms with Gasteiger partial charge < -0.3 is 10.5 Å². The van der Waals surface area contributed by atoms with Crippen LogP contribution in [0.5, 0.6) is 5.88 Å². The number of halogens is 2. The van der Waals surface area contributed by atoms with E-state index < -0.39 is 6.04 Å². The summed E-state index contributed by atoms with van der Waals surface area (Å²) in [5, 5.41) is 0. The van der Waals surface area contributed by atoms with E-state index in [-0.39, 0.29) is 5.82 Å². The van der Waals surface area contributed by atoms with E-state index in [1.54, 1.807) is 18.2 Å². The molecule has 2 aromatic rings. The van der Waals surface area contributed by atoms with Crippen molar-refractivity contribution in [2.75, 3.05) is 7.11 Å². The summed E-state index contributed by atoms with van der Waals surface area (Å²) in [5.41, 5.74) is 7.20. The maximum atomic E-state index is 13.8. The first-order valence-electron chi connectivity index (χ1n) is 5.66. The lowest BCUT2D eigenvalue weighted by Gasteiger charge is -2.14. The second-order valence-corrected chi connectivity index (χ2v) is 4.85. The summed E-state index contributed by atoms with van der Waals surface area (Å²) in [7, 11) is 1.53. The Labute approximate surface area is 119 Å². The molecule has 0 aliphatic rings. The third-order valence-electron chi connectivity index (χ3n) is 2.71. The van der Waals surface area contributed by atoms with Gasteiger partial charge in [0.2, 0.25) is 5.88 Å². The van der Waals surface area contributed by atoms with Gasteiger partial charge in [0.25, 0.3) is 0 Å². The van der Waals surface area contributed by atoms with Gasteiger partial charge in [-0.3, -0.25) is 0 Å². The fourth-order valence-electron chi connectivity index (χ4n) is 1.79. The zero-order chi connectivity index (χ0) is 13.8. The molecule has 0 saturated heterocycles. The van der Waals surface area contributed by atoms with Gasteiger partial charge >= 0.3 is 0 Å². The van der Waals surface area contributed by atoms with Crippen LogP contribution in [0.3, 0.4) is 0 Å². The van der Waals surface area contributed by atoms with Crippen LogP contribution in [0.2, 0.25) is 0 Å². The third kappa shape index (κ3) is 3.27. The zero-order valence-electron chi connectivity index (χ0n) is 10.3. The molecule has 0 radical (unpaired) electrons. The largest absolute Gasteiger partial charge is 0.481 e. The molecule has 19 heavy (non-hydrogen) atoms. The maximum Gasteiger partial charge on any atom is 0.216 e. The lowest BCUT2D eigenvalue weighted by Crippen LogP contribution is -2.16. The summed E-state index contributed by atoms with van der Waals surface area (Å²) in [5.74, 6) is 0.132. The fourth-order valence-corrected chi connectivity index (χ4v) is 2.43. The Kier molecular flexibility index (Phi) is 4.44. The molecule has 0 saturated carbocycles. The van der Waals surface area contributed by atoms with E-state index in [2.05, 4.69) is 25.9 Å². The van der Waals surface area contributed by atoms with Crippen LogP contribution in [0.1, 0.15) is 17.3 Å². The van der Waals surface area contributed by atoms with Crippen LogP contribution in [-0.2, 0) is 6.42 Å². The van der Waals surface area contributed by atoms with Crippen molar-refractivity contribution in [1.82, 2.24) is 9.97 Å². The van der Waals surface area contributed by atoms with E-state index in [0.717, 1.165) is 0 Å². The van der Waals surface area contributed by atoms with Crippen LogP contribution in [0.4, 0.5) is 4.39 Å². The minimum absolute atomic E-state index is 0.331. The minimum Gasteiger partial charge on any atom is -0.481 e. The molecule has 1 aromatic heterocycles. The van der Waals surface area contributed by atoms with Crippen LogP contribution in [0.25, 0.3) is 0 Å². The van der Waals surface area contributed by atoms with E-state index in [9.17, 15) is 4.39 Å². The van der Waals surface area contributed by atoms with E-state index in [0.29, 0.717) is 28.0 Å². The Hall–Kier alpha value is -1.53. The fraction of sp³-hybridized carbons (Fsp3) is 0.231. The summed E-state index contributed by atoms with van der Waals surface area (Å²) < 4.78 is 19.4. The molecule has 1 atom stereocenters. The third-order valence-corrected chi connectivity index (χ3v) is 3.40. The lowest BCUT2D eigenvalue weighted by molar-refractivity contribution is 0.395. The molecule has 100 valence electrons.